The molecule has 1 atom stereocenters. The van der Waals surface area contributed by atoms with E-state index in [0.29, 0.717) is 17.9 Å². The summed E-state index contributed by atoms with van der Waals surface area (Å²) in [6, 6.07) is 4.69. The standard InChI is InChI=1S/C13H18O5/c1-9(7-16-2)18-8-11-6-10(13(14)15)4-5-12(11)17-3/h4-6,9H,7-8H2,1-3H3,(H,14,15). The van der Waals surface area contributed by atoms with Gasteiger partial charge in [-0.2, -0.15) is 0 Å². The third-order valence-corrected chi connectivity index (χ3v) is 2.45. The van der Waals surface area contributed by atoms with E-state index >= 15 is 0 Å². The predicted octanol–water partition coefficient (Wildman–Crippen LogP) is 1.94. The second-order valence-electron chi connectivity index (χ2n) is 3.91. The second kappa shape index (κ2) is 6.98. The minimum absolute atomic E-state index is 0.0619. The molecule has 0 saturated heterocycles. The highest BCUT2D eigenvalue weighted by Crippen LogP contribution is 2.21. The molecule has 0 aliphatic heterocycles. The van der Waals surface area contributed by atoms with Gasteiger partial charge in [-0.3, -0.25) is 0 Å². The van der Waals surface area contributed by atoms with E-state index in [1.807, 2.05) is 6.92 Å². The molecule has 0 aliphatic rings. The van der Waals surface area contributed by atoms with Crippen LogP contribution in [0.4, 0.5) is 0 Å². The maximum Gasteiger partial charge on any atom is 0.335 e. The number of aromatic carboxylic acids is 1. The smallest absolute Gasteiger partial charge is 0.335 e. The Morgan fingerprint density at radius 1 is 1.39 bits per heavy atom. The van der Waals surface area contributed by atoms with Gasteiger partial charge in [-0.15, -0.1) is 0 Å². The lowest BCUT2D eigenvalue weighted by atomic mass is 10.1. The number of hydrogen-bond acceptors (Lipinski definition) is 4. The maximum absolute atomic E-state index is 10.9. The molecule has 1 aromatic rings. The van der Waals surface area contributed by atoms with E-state index in [0.717, 1.165) is 0 Å². The number of benzene rings is 1. The van der Waals surface area contributed by atoms with E-state index in [4.69, 9.17) is 19.3 Å². The quantitative estimate of drug-likeness (QED) is 0.805. The summed E-state index contributed by atoms with van der Waals surface area (Å²) < 4.78 is 15.7. The summed E-state index contributed by atoms with van der Waals surface area (Å²) in [5.41, 5.74) is 0.925. The summed E-state index contributed by atoms with van der Waals surface area (Å²) in [5, 5.41) is 8.93. The summed E-state index contributed by atoms with van der Waals surface area (Å²) in [6.45, 7) is 2.66. The number of hydrogen-bond donors (Lipinski definition) is 1. The molecule has 0 radical (unpaired) electrons. The van der Waals surface area contributed by atoms with Crippen LogP contribution in [0.3, 0.4) is 0 Å². The molecule has 0 saturated carbocycles. The Balaban J connectivity index is 2.78. The van der Waals surface area contributed by atoms with Gasteiger partial charge >= 0.3 is 5.97 Å². The molecule has 0 amide bonds. The molecule has 0 bridgehead atoms. The van der Waals surface area contributed by atoms with Crippen LogP contribution in [0.25, 0.3) is 0 Å². The highest BCUT2D eigenvalue weighted by molar-refractivity contribution is 5.88. The Hall–Kier alpha value is -1.59. The molecule has 18 heavy (non-hydrogen) atoms. The second-order valence-corrected chi connectivity index (χ2v) is 3.91. The zero-order valence-electron chi connectivity index (χ0n) is 10.8. The molecule has 0 fully saturated rings. The summed E-state index contributed by atoms with van der Waals surface area (Å²) in [7, 11) is 3.14. The summed E-state index contributed by atoms with van der Waals surface area (Å²) >= 11 is 0. The van der Waals surface area contributed by atoms with Crippen LogP contribution in [0.2, 0.25) is 0 Å². The molecule has 0 aromatic heterocycles. The van der Waals surface area contributed by atoms with Crippen molar-refractivity contribution in [2.24, 2.45) is 0 Å². The molecule has 1 N–H and O–H groups in total. The molecule has 0 heterocycles. The summed E-state index contributed by atoms with van der Waals surface area (Å²) in [4.78, 5) is 10.9. The van der Waals surface area contributed by atoms with Crippen LogP contribution < -0.4 is 4.74 Å². The van der Waals surface area contributed by atoms with Crippen molar-refractivity contribution in [2.75, 3.05) is 20.8 Å². The Morgan fingerprint density at radius 3 is 2.67 bits per heavy atom. The Kier molecular flexibility index (Phi) is 5.61. The van der Waals surface area contributed by atoms with Crippen LogP contribution in [-0.2, 0) is 16.1 Å². The average Bonchev–Trinajstić information content (AvgIpc) is 2.36. The number of ether oxygens (including phenoxy) is 3. The van der Waals surface area contributed by atoms with Crippen molar-refractivity contribution in [1.82, 2.24) is 0 Å². The molecule has 5 nitrogen and oxygen atoms in total. The molecule has 100 valence electrons. The van der Waals surface area contributed by atoms with Crippen LogP contribution in [0.15, 0.2) is 18.2 Å². The summed E-state index contributed by atoms with van der Waals surface area (Å²) in [6.07, 6.45) is -0.0619. The van der Waals surface area contributed by atoms with Gasteiger partial charge in [-0.25, -0.2) is 4.79 Å². The lowest BCUT2D eigenvalue weighted by molar-refractivity contribution is -0.000756. The molecule has 0 aliphatic carbocycles. The molecule has 5 heteroatoms. The van der Waals surface area contributed by atoms with Gasteiger partial charge in [0.1, 0.15) is 5.75 Å². The van der Waals surface area contributed by atoms with Crippen molar-refractivity contribution in [3.05, 3.63) is 29.3 Å². The van der Waals surface area contributed by atoms with E-state index in [1.54, 1.807) is 19.2 Å². The lowest BCUT2D eigenvalue weighted by Gasteiger charge is -2.14. The Bertz CT molecular complexity index is 402. The van der Waals surface area contributed by atoms with Crippen molar-refractivity contribution in [3.63, 3.8) is 0 Å². The average molecular weight is 254 g/mol. The zero-order chi connectivity index (χ0) is 13.5. The molecule has 0 spiro atoms. The highest BCUT2D eigenvalue weighted by atomic mass is 16.5. The number of rotatable bonds is 7. The molecular formula is C13H18O5. The first kappa shape index (κ1) is 14.5. The van der Waals surface area contributed by atoms with Gasteiger partial charge in [0, 0.05) is 12.7 Å². The first-order chi connectivity index (χ1) is 8.58. The molecular weight excluding hydrogens is 236 g/mol. The topological polar surface area (TPSA) is 65.0 Å². The first-order valence-electron chi connectivity index (χ1n) is 5.59. The minimum Gasteiger partial charge on any atom is -0.496 e. The third-order valence-electron chi connectivity index (χ3n) is 2.45. The van der Waals surface area contributed by atoms with E-state index in [1.165, 1.54) is 13.2 Å². The van der Waals surface area contributed by atoms with Gasteiger partial charge in [0.25, 0.3) is 0 Å². The fraction of sp³-hybridized carbons (Fsp3) is 0.462. The maximum atomic E-state index is 10.9. The van der Waals surface area contributed by atoms with Crippen molar-refractivity contribution in [1.29, 1.82) is 0 Å². The molecule has 1 rings (SSSR count). The summed E-state index contributed by atoms with van der Waals surface area (Å²) in [5.74, 6) is -0.353. The minimum atomic E-state index is -0.969. The van der Waals surface area contributed by atoms with Gasteiger partial charge in [0.2, 0.25) is 0 Å². The van der Waals surface area contributed by atoms with Crippen molar-refractivity contribution >= 4 is 5.97 Å². The predicted molar refractivity (Wildman–Crippen MR) is 66.1 cm³/mol. The highest BCUT2D eigenvalue weighted by Gasteiger charge is 2.10. The van der Waals surface area contributed by atoms with Gasteiger partial charge in [0.15, 0.2) is 0 Å². The van der Waals surface area contributed by atoms with Crippen LogP contribution in [0.5, 0.6) is 5.75 Å². The van der Waals surface area contributed by atoms with E-state index in [9.17, 15) is 4.79 Å². The third kappa shape index (κ3) is 4.01. The van der Waals surface area contributed by atoms with Gasteiger partial charge < -0.3 is 19.3 Å². The number of methoxy groups -OCH3 is 2. The fourth-order valence-electron chi connectivity index (χ4n) is 1.54. The van der Waals surface area contributed by atoms with Crippen molar-refractivity contribution in [3.8, 4) is 5.75 Å². The SMILES string of the molecule is COCC(C)OCc1cc(C(=O)O)ccc1OC. The van der Waals surface area contributed by atoms with E-state index < -0.39 is 5.97 Å². The van der Waals surface area contributed by atoms with Crippen molar-refractivity contribution in [2.45, 2.75) is 19.6 Å². The lowest BCUT2D eigenvalue weighted by Crippen LogP contribution is -2.15. The van der Waals surface area contributed by atoms with Crippen LogP contribution in [0.1, 0.15) is 22.8 Å². The van der Waals surface area contributed by atoms with Crippen LogP contribution in [0, 0.1) is 0 Å². The van der Waals surface area contributed by atoms with Crippen LogP contribution in [-0.4, -0.2) is 38.0 Å². The Labute approximate surface area is 106 Å². The normalized spacial score (nSPS) is 12.2. The number of carbonyl (C=O) groups is 1. The largest absolute Gasteiger partial charge is 0.496 e. The molecule has 1 unspecified atom stereocenters. The first-order valence-corrected chi connectivity index (χ1v) is 5.59. The number of carboxylic acids is 1. The van der Waals surface area contributed by atoms with Crippen molar-refractivity contribution < 1.29 is 24.1 Å². The van der Waals surface area contributed by atoms with Gasteiger partial charge in [-0.1, -0.05) is 0 Å². The zero-order valence-corrected chi connectivity index (χ0v) is 10.8. The van der Waals surface area contributed by atoms with E-state index in [-0.39, 0.29) is 18.3 Å². The number of carboxylic acid groups (broad SMARTS) is 1. The van der Waals surface area contributed by atoms with Gasteiger partial charge in [0.05, 0.1) is 32.0 Å². The Morgan fingerprint density at radius 2 is 2.11 bits per heavy atom. The fourth-order valence-corrected chi connectivity index (χ4v) is 1.54. The monoisotopic (exact) mass is 254 g/mol. The van der Waals surface area contributed by atoms with E-state index in [2.05, 4.69) is 0 Å². The molecule has 1 aromatic carbocycles. The van der Waals surface area contributed by atoms with Crippen LogP contribution >= 0.6 is 0 Å². The van der Waals surface area contributed by atoms with Gasteiger partial charge in [-0.05, 0) is 25.1 Å².